The highest BCUT2D eigenvalue weighted by Crippen LogP contribution is 2.16. The van der Waals surface area contributed by atoms with E-state index in [2.05, 4.69) is 0 Å². The lowest BCUT2D eigenvalue weighted by molar-refractivity contribution is -0.297. The Balaban J connectivity index is 3.02. The van der Waals surface area contributed by atoms with Crippen molar-refractivity contribution in [2.24, 2.45) is 0 Å². The molecule has 0 saturated heterocycles. The number of carboxylic acids is 1. The van der Waals surface area contributed by atoms with Gasteiger partial charge in [0, 0.05) is 13.1 Å². The molecule has 1 aromatic rings. The number of benzene rings is 1. The minimum Gasteiger partial charge on any atom is -0.545 e. The van der Waals surface area contributed by atoms with Gasteiger partial charge in [0.15, 0.2) is 0 Å². The van der Waals surface area contributed by atoms with Gasteiger partial charge in [0.2, 0.25) is 10.0 Å². The summed E-state index contributed by atoms with van der Waals surface area (Å²) >= 11 is 0. The molecule has 19 heavy (non-hydrogen) atoms. The van der Waals surface area contributed by atoms with E-state index >= 15 is 0 Å². The van der Waals surface area contributed by atoms with Crippen LogP contribution in [0.3, 0.4) is 0 Å². The Hall–Kier alpha value is -1.66. The van der Waals surface area contributed by atoms with Crippen molar-refractivity contribution in [2.45, 2.75) is 18.7 Å². The minimum absolute atomic E-state index is 0.196. The third-order valence-corrected chi connectivity index (χ3v) is 4.70. The zero-order chi connectivity index (χ0) is 14.5. The molecular formula is C13H16NO4S-. The third kappa shape index (κ3) is 3.90. The van der Waals surface area contributed by atoms with Gasteiger partial charge in [-0.2, -0.15) is 4.31 Å². The van der Waals surface area contributed by atoms with Crippen LogP contribution in [-0.2, 0) is 14.8 Å². The molecule has 5 nitrogen and oxygen atoms in total. The number of rotatable bonds is 6. The molecule has 1 rings (SSSR count). The number of carbonyl (C=O) groups is 1. The van der Waals surface area contributed by atoms with E-state index in [4.69, 9.17) is 0 Å². The van der Waals surface area contributed by atoms with Crippen LogP contribution in [0.2, 0.25) is 0 Å². The highest BCUT2D eigenvalue weighted by Gasteiger charge is 2.20. The number of carboxylic acid groups (broad SMARTS) is 1. The van der Waals surface area contributed by atoms with Gasteiger partial charge in [-0.25, -0.2) is 8.42 Å². The summed E-state index contributed by atoms with van der Waals surface area (Å²) in [5, 5.41) is 10.3. The lowest BCUT2D eigenvalue weighted by Gasteiger charge is -2.18. The second-order valence-electron chi connectivity index (χ2n) is 3.81. The standard InChI is InChI=1S/C13H17NO4S/c1-3-14(4-2)19(17,18)12-8-5-11(6-9-12)7-10-13(15)16/h5-10H,3-4H2,1-2H3,(H,15,16)/p-1/b10-7+. The van der Waals surface area contributed by atoms with Crippen molar-refractivity contribution < 1.29 is 18.3 Å². The molecule has 6 heteroatoms. The number of hydrogen-bond acceptors (Lipinski definition) is 4. The summed E-state index contributed by atoms with van der Waals surface area (Å²) in [5.74, 6) is -1.29. The van der Waals surface area contributed by atoms with Gasteiger partial charge >= 0.3 is 0 Å². The van der Waals surface area contributed by atoms with Crippen LogP contribution in [0.1, 0.15) is 19.4 Å². The smallest absolute Gasteiger partial charge is 0.243 e. The number of aliphatic carboxylic acids is 1. The van der Waals surface area contributed by atoms with Crippen molar-refractivity contribution in [3.8, 4) is 0 Å². The molecule has 0 aromatic heterocycles. The van der Waals surface area contributed by atoms with Gasteiger partial charge in [0.05, 0.1) is 10.9 Å². The Morgan fingerprint density at radius 2 is 1.74 bits per heavy atom. The van der Waals surface area contributed by atoms with Gasteiger partial charge in [-0.3, -0.25) is 0 Å². The molecule has 104 valence electrons. The van der Waals surface area contributed by atoms with E-state index in [0.29, 0.717) is 18.7 Å². The first-order chi connectivity index (χ1) is 8.91. The van der Waals surface area contributed by atoms with E-state index in [-0.39, 0.29) is 4.90 Å². The molecule has 0 spiro atoms. The average Bonchev–Trinajstić information content (AvgIpc) is 2.38. The van der Waals surface area contributed by atoms with E-state index in [0.717, 1.165) is 6.08 Å². The first-order valence-electron chi connectivity index (χ1n) is 5.91. The highest BCUT2D eigenvalue weighted by molar-refractivity contribution is 7.89. The molecule has 0 aliphatic carbocycles. The molecule has 0 radical (unpaired) electrons. The average molecular weight is 282 g/mol. The molecule has 0 atom stereocenters. The Morgan fingerprint density at radius 3 is 2.16 bits per heavy atom. The molecule has 0 unspecified atom stereocenters. The molecule has 0 heterocycles. The van der Waals surface area contributed by atoms with Crippen LogP contribution in [0.25, 0.3) is 6.08 Å². The molecule has 0 saturated carbocycles. The summed E-state index contributed by atoms with van der Waals surface area (Å²) in [6.07, 6.45) is 2.25. The number of carbonyl (C=O) groups excluding carboxylic acids is 1. The van der Waals surface area contributed by atoms with Crippen LogP contribution >= 0.6 is 0 Å². The summed E-state index contributed by atoms with van der Waals surface area (Å²) in [4.78, 5) is 10.5. The SMILES string of the molecule is CCN(CC)S(=O)(=O)c1ccc(/C=C/C(=O)[O-])cc1. The van der Waals surface area contributed by atoms with Crippen LogP contribution in [0, 0.1) is 0 Å². The fraction of sp³-hybridized carbons (Fsp3) is 0.308. The molecule has 0 aliphatic rings. The Kier molecular flexibility index (Phi) is 5.26. The van der Waals surface area contributed by atoms with Gasteiger partial charge in [-0.15, -0.1) is 0 Å². The number of hydrogen-bond donors (Lipinski definition) is 0. The Bertz CT molecular complexity index is 557. The molecule has 0 fully saturated rings. The lowest BCUT2D eigenvalue weighted by Crippen LogP contribution is -2.30. The van der Waals surface area contributed by atoms with Gasteiger partial charge < -0.3 is 9.90 Å². The normalized spacial score (nSPS) is 12.2. The quantitative estimate of drug-likeness (QED) is 0.711. The van der Waals surface area contributed by atoms with E-state index in [1.54, 1.807) is 26.0 Å². The Labute approximate surface area is 113 Å². The second-order valence-corrected chi connectivity index (χ2v) is 5.75. The van der Waals surface area contributed by atoms with Crippen molar-refractivity contribution in [1.29, 1.82) is 0 Å². The fourth-order valence-electron chi connectivity index (χ4n) is 1.63. The van der Waals surface area contributed by atoms with E-state index in [9.17, 15) is 18.3 Å². The zero-order valence-corrected chi connectivity index (χ0v) is 11.7. The molecule has 0 amide bonds. The van der Waals surface area contributed by atoms with E-state index in [1.165, 1.54) is 22.5 Å². The van der Waals surface area contributed by atoms with Crippen molar-refractivity contribution in [3.05, 3.63) is 35.9 Å². The summed E-state index contributed by atoms with van der Waals surface area (Å²) in [7, 11) is -3.47. The molecule has 1 aromatic carbocycles. The van der Waals surface area contributed by atoms with Gasteiger partial charge in [-0.05, 0) is 23.8 Å². The largest absolute Gasteiger partial charge is 0.545 e. The van der Waals surface area contributed by atoms with Gasteiger partial charge in [-0.1, -0.05) is 32.1 Å². The van der Waals surface area contributed by atoms with Crippen LogP contribution in [0.15, 0.2) is 35.2 Å². The predicted molar refractivity (Wildman–Crippen MR) is 70.6 cm³/mol. The van der Waals surface area contributed by atoms with Crippen molar-refractivity contribution in [1.82, 2.24) is 4.31 Å². The first-order valence-corrected chi connectivity index (χ1v) is 7.35. The lowest BCUT2D eigenvalue weighted by atomic mass is 10.2. The first kappa shape index (κ1) is 15.4. The van der Waals surface area contributed by atoms with E-state index < -0.39 is 16.0 Å². The van der Waals surface area contributed by atoms with Crippen LogP contribution in [0.4, 0.5) is 0 Å². The molecule has 0 N–H and O–H groups in total. The second kappa shape index (κ2) is 6.49. The highest BCUT2D eigenvalue weighted by atomic mass is 32.2. The maximum atomic E-state index is 12.2. The van der Waals surface area contributed by atoms with Crippen LogP contribution in [-0.4, -0.2) is 31.8 Å². The number of nitrogens with zero attached hydrogens (tertiary/aromatic N) is 1. The topological polar surface area (TPSA) is 77.5 Å². The third-order valence-electron chi connectivity index (χ3n) is 2.64. The summed E-state index contributed by atoms with van der Waals surface area (Å²) in [6.45, 7) is 4.37. The van der Waals surface area contributed by atoms with Gasteiger partial charge in [0.25, 0.3) is 0 Å². The van der Waals surface area contributed by atoms with Crippen molar-refractivity contribution >= 4 is 22.1 Å². The zero-order valence-electron chi connectivity index (χ0n) is 10.9. The maximum absolute atomic E-state index is 12.2. The minimum atomic E-state index is -3.47. The molecule has 0 aliphatic heterocycles. The Morgan fingerprint density at radius 1 is 1.21 bits per heavy atom. The predicted octanol–water partition coefficient (Wildman–Crippen LogP) is 0.480. The number of sulfonamides is 1. The summed E-state index contributed by atoms with van der Waals surface area (Å²) in [6, 6.07) is 6.02. The monoisotopic (exact) mass is 282 g/mol. The van der Waals surface area contributed by atoms with Gasteiger partial charge in [0.1, 0.15) is 0 Å². The molecule has 0 bridgehead atoms. The maximum Gasteiger partial charge on any atom is 0.243 e. The summed E-state index contributed by atoms with van der Waals surface area (Å²) < 4.78 is 25.7. The molecular weight excluding hydrogens is 266 g/mol. The van der Waals surface area contributed by atoms with E-state index in [1.807, 2.05) is 0 Å². The van der Waals surface area contributed by atoms with Crippen LogP contribution in [0.5, 0.6) is 0 Å². The summed E-state index contributed by atoms with van der Waals surface area (Å²) in [5.41, 5.74) is 0.600. The fourth-order valence-corrected chi connectivity index (χ4v) is 3.09. The van der Waals surface area contributed by atoms with Crippen LogP contribution < -0.4 is 5.11 Å². The van der Waals surface area contributed by atoms with Crippen molar-refractivity contribution in [2.75, 3.05) is 13.1 Å². The van der Waals surface area contributed by atoms with Crippen molar-refractivity contribution in [3.63, 3.8) is 0 Å².